The summed E-state index contributed by atoms with van der Waals surface area (Å²) in [6.07, 6.45) is -0.169. The number of hydrogen-bond acceptors (Lipinski definition) is 9. The molecule has 4 atom stereocenters. The van der Waals surface area contributed by atoms with Crippen LogP contribution < -0.4 is 0 Å². The molecule has 17 heteroatoms. The van der Waals surface area contributed by atoms with Crippen LogP contribution in [0.25, 0.3) is 0 Å². The highest BCUT2D eigenvalue weighted by atomic mass is 127. The van der Waals surface area contributed by atoms with Crippen LogP contribution in [0.1, 0.15) is 26.7 Å². The highest BCUT2D eigenvalue weighted by Gasteiger charge is 2.42. The average molecular weight is 682 g/mol. The summed E-state index contributed by atoms with van der Waals surface area (Å²) >= 11 is 3.77. The number of rotatable bonds is 14. The molecule has 0 heterocycles. The SMILES string of the molecule is CC(O)(CI)CCOP(=O)(O)OP(=O)(O)OP(=O)(O)OCCC(C)(O)CI. The summed E-state index contributed by atoms with van der Waals surface area (Å²) in [4.78, 5) is 28.2. The minimum absolute atomic E-state index is 0.0845. The van der Waals surface area contributed by atoms with Crippen LogP contribution in [-0.2, 0) is 31.4 Å². The zero-order valence-electron chi connectivity index (χ0n) is 14.4. The van der Waals surface area contributed by atoms with E-state index in [0.717, 1.165) is 0 Å². The van der Waals surface area contributed by atoms with Crippen LogP contribution in [0.3, 0.4) is 0 Å². The molecule has 0 aliphatic carbocycles. The minimum atomic E-state index is -5.52. The normalized spacial score (nSPS) is 23.4. The van der Waals surface area contributed by atoms with Gasteiger partial charge in [-0.05, 0) is 13.8 Å². The third-order valence-corrected chi connectivity index (χ3v) is 10.4. The van der Waals surface area contributed by atoms with Gasteiger partial charge < -0.3 is 24.9 Å². The number of aliphatic hydroxyl groups is 2. The standard InChI is InChI=1S/C10H23I2O12P3/c1-9(13,7-11)3-5-21-25(15,16)23-27(19,20)24-26(17,18)22-6-4-10(2,14)8-12/h13-14H,3-8H2,1-2H3,(H,15,16)(H,17,18)(H,19,20). The van der Waals surface area contributed by atoms with E-state index < -0.39 is 47.9 Å². The average Bonchev–Trinajstić information content (AvgIpc) is 2.43. The molecule has 0 aromatic rings. The van der Waals surface area contributed by atoms with Gasteiger partial charge in [-0.3, -0.25) is 9.05 Å². The fourth-order valence-corrected chi connectivity index (χ4v) is 5.48. The molecule has 0 radical (unpaired) electrons. The van der Waals surface area contributed by atoms with E-state index in [2.05, 4.69) is 17.7 Å². The molecule has 5 N–H and O–H groups in total. The summed E-state index contributed by atoms with van der Waals surface area (Å²) in [6.45, 7) is 1.90. The monoisotopic (exact) mass is 682 g/mol. The van der Waals surface area contributed by atoms with E-state index in [4.69, 9.17) is 0 Å². The number of phosphoric ester groups is 2. The Balaban J connectivity index is 4.65. The molecule has 0 spiro atoms. The Kier molecular flexibility index (Phi) is 12.2. The van der Waals surface area contributed by atoms with Gasteiger partial charge >= 0.3 is 23.5 Å². The highest BCUT2D eigenvalue weighted by Crippen LogP contribution is 2.67. The van der Waals surface area contributed by atoms with E-state index in [-0.39, 0.29) is 12.8 Å². The number of halogens is 2. The zero-order chi connectivity index (χ0) is 21.6. The molecule has 4 unspecified atom stereocenters. The summed E-state index contributed by atoms with van der Waals surface area (Å²) in [5.41, 5.74) is -2.40. The summed E-state index contributed by atoms with van der Waals surface area (Å²) in [7, 11) is -15.8. The van der Waals surface area contributed by atoms with Gasteiger partial charge in [0.15, 0.2) is 0 Å². The zero-order valence-corrected chi connectivity index (χ0v) is 21.4. The fraction of sp³-hybridized carbons (Fsp3) is 1.00. The summed E-state index contributed by atoms with van der Waals surface area (Å²) in [5.74, 6) is 0. The van der Waals surface area contributed by atoms with E-state index in [1.807, 2.05) is 45.2 Å². The molecule has 0 saturated carbocycles. The summed E-state index contributed by atoms with van der Waals surface area (Å²) < 4.78 is 52.2. The van der Waals surface area contributed by atoms with Crippen molar-refractivity contribution in [3.63, 3.8) is 0 Å². The van der Waals surface area contributed by atoms with Gasteiger partial charge in [0.05, 0.1) is 24.4 Å². The Bertz CT molecular complexity index is 564. The predicted octanol–water partition coefficient (Wildman–Crippen LogP) is 2.51. The molecule has 164 valence electrons. The first-order valence-corrected chi connectivity index (χ1v) is 14.8. The first-order chi connectivity index (χ1) is 11.9. The maximum Gasteiger partial charge on any atom is 0.490 e. The van der Waals surface area contributed by atoms with Crippen molar-refractivity contribution in [3.05, 3.63) is 0 Å². The molecule has 0 aliphatic rings. The largest absolute Gasteiger partial charge is 0.490 e. The van der Waals surface area contributed by atoms with Crippen molar-refractivity contribution >= 4 is 68.6 Å². The van der Waals surface area contributed by atoms with Crippen LogP contribution in [0.2, 0.25) is 0 Å². The van der Waals surface area contributed by atoms with Gasteiger partial charge in [0, 0.05) is 21.7 Å². The predicted molar refractivity (Wildman–Crippen MR) is 112 cm³/mol. The molecule has 12 nitrogen and oxygen atoms in total. The maximum atomic E-state index is 11.7. The lowest BCUT2D eigenvalue weighted by atomic mass is 10.1. The van der Waals surface area contributed by atoms with Crippen molar-refractivity contribution in [2.24, 2.45) is 0 Å². The van der Waals surface area contributed by atoms with Crippen LogP contribution in [0.4, 0.5) is 0 Å². The minimum Gasteiger partial charge on any atom is -0.389 e. The van der Waals surface area contributed by atoms with Crippen molar-refractivity contribution < 1.29 is 56.3 Å². The Morgan fingerprint density at radius 3 is 1.30 bits per heavy atom. The molecular weight excluding hydrogens is 659 g/mol. The van der Waals surface area contributed by atoms with Crippen molar-refractivity contribution in [2.45, 2.75) is 37.9 Å². The molecule has 0 aromatic carbocycles. The second kappa shape index (κ2) is 11.4. The Hall–Kier alpha value is 1.79. The van der Waals surface area contributed by atoms with Gasteiger partial charge in [-0.15, -0.1) is 0 Å². The van der Waals surface area contributed by atoms with Gasteiger partial charge in [0.2, 0.25) is 0 Å². The lowest BCUT2D eigenvalue weighted by molar-refractivity contribution is 0.0560. The molecule has 0 aromatic heterocycles. The second-order valence-corrected chi connectivity index (χ2v) is 12.2. The summed E-state index contributed by atoms with van der Waals surface area (Å²) in [5, 5.41) is 19.5. The Morgan fingerprint density at radius 2 is 1.04 bits per heavy atom. The van der Waals surface area contributed by atoms with Crippen molar-refractivity contribution in [1.82, 2.24) is 0 Å². The number of alkyl halides is 2. The van der Waals surface area contributed by atoms with E-state index in [9.17, 15) is 38.6 Å². The third-order valence-electron chi connectivity index (χ3n) is 2.78. The second-order valence-electron chi connectivity index (χ2n) is 6.00. The maximum absolute atomic E-state index is 11.7. The topological polar surface area (TPSA) is 189 Å². The van der Waals surface area contributed by atoms with Crippen molar-refractivity contribution in [3.8, 4) is 0 Å². The van der Waals surface area contributed by atoms with Gasteiger partial charge in [-0.1, -0.05) is 45.2 Å². The van der Waals surface area contributed by atoms with Gasteiger partial charge in [0.1, 0.15) is 0 Å². The molecule has 0 aliphatic heterocycles. The van der Waals surface area contributed by atoms with Crippen LogP contribution >= 0.6 is 68.6 Å². The van der Waals surface area contributed by atoms with Gasteiger partial charge in [-0.2, -0.15) is 8.62 Å². The molecule has 0 fully saturated rings. The molecule has 0 saturated heterocycles. The first-order valence-electron chi connectivity index (χ1n) is 7.22. The smallest absolute Gasteiger partial charge is 0.389 e. The van der Waals surface area contributed by atoms with Crippen LogP contribution in [-0.4, -0.2) is 58.2 Å². The van der Waals surface area contributed by atoms with Crippen LogP contribution in [0.5, 0.6) is 0 Å². The number of phosphoric acid groups is 3. The van der Waals surface area contributed by atoms with Gasteiger partial charge in [0.25, 0.3) is 0 Å². The van der Waals surface area contributed by atoms with Crippen LogP contribution in [0, 0.1) is 0 Å². The van der Waals surface area contributed by atoms with Crippen LogP contribution in [0.15, 0.2) is 0 Å². The van der Waals surface area contributed by atoms with E-state index >= 15 is 0 Å². The molecule has 0 amide bonds. The summed E-state index contributed by atoms with van der Waals surface area (Å²) in [6, 6.07) is 0. The first kappa shape index (κ1) is 28.8. The molecule has 27 heavy (non-hydrogen) atoms. The molecule has 0 bridgehead atoms. The third kappa shape index (κ3) is 14.4. The molecule has 0 rings (SSSR count). The van der Waals surface area contributed by atoms with Gasteiger partial charge in [-0.25, -0.2) is 13.7 Å². The van der Waals surface area contributed by atoms with E-state index in [1.54, 1.807) is 0 Å². The quantitative estimate of drug-likeness (QED) is 0.103. The molecular formula is C10H23I2O12P3. The van der Waals surface area contributed by atoms with Crippen molar-refractivity contribution in [2.75, 3.05) is 22.1 Å². The lowest BCUT2D eigenvalue weighted by Crippen LogP contribution is -2.27. The highest BCUT2D eigenvalue weighted by molar-refractivity contribution is 14.1. The number of hydrogen-bond donors (Lipinski definition) is 5. The van der Waals surface area contributed by atoms with E-state index in [0.29, 0.717) is 8.86 Å². The lowest BCUT2D eigenvalue weighted by Gasteiger charge is -2.22. The van der Waals surface area contributed by atoms with E-state index in [1.165, 1.54) is 13.8 Å². The van der Waals surface area contributed by atoms with Crippen molar-refractivity contribution in [1.29, 1.82) is 0 Å². The Morgan fingerprint density at radius 1 is 0.741 bits per heavy atom. The fourth-order valence-electron chi connectivity index (χ4n) is 1.22. The Labute approximate surface area is 184 Å².